The summed E-state index contributed by atoms with van der Waals surface area (Å²) in [5.41, 5.74) is 0.909. The highest BCUT2D eigenvalue weighted by Crippen LogP contribution is 2.14. The Labute approximate surface area is 129 Å². The fraction of sp³-hybridized carbons (Fsp3) is 0.533. The zero-order valence-corrected chi connectivity index (χ0v) is 12.8. The molecule has 1 atom stereocenters. The minimum absolute atomic E-state index is 0.0488. The van der Waals surface area contributed by atoms with Crippen LogP contribution in [0.15, 0.2) is 29.6 Å². The lowest BCUT2D eigenvalue weighted by Gasteiger charge is -2.22. The number of carboxylic acids is 1. The van der Waals surface area contributed by atoms with Crippen LogP contribution in [-0.2, 0) is 11.2 Å². The van der Waals surface area contributed by atoms with Crippen LogP contribution >= 0.6 is 0 Å². The summed E-state index contributed by atoms with van der Waals surface area (Å²) in [6, 6.07) is 6.95. The standard InChI is InChI=1S/C15H22N2O5/c1-11(2)17(16-21)9-13(18)10-22-14-6-3-12(4-7-14)5-8-15(19)20/h3-4,6-7,11,13,18H,5,8-10H2,1-2H3,(H,19,20). The Morgan fingerprint density at radius 1 is 1.32 bits per heavy atom. The van der Waals surface area contributed by atoms with Crippen molar-refractivity contribution in [2.24, 2.45) is 5.29 Å². The third-order valence-corrected chi connectivity index (χ3v) is 3.09. The maximum Gasteiger partial charge on any atom is 0.303 e. The number of hydrogen-bond donors (Lipinski definition) is 2. The molecule has 122 valence electrons. The molecule has 0 spiro atoms. The molecule has 0 amide bonds. The van der Waals surface area contributed by atoms with Crippen molar-refractivity contribution < 1.29 is 19.7 Å². The average molecular weight is 310 g/mol. The monoisotopic (exact) mass is 310 g/mol. The number of aliphatic hydroxyl groups is 1. The second-order valence-corrected chi connectivity index (χ2v) is 5.30. The van der Waals surface area contributed by atoms with Crippen LogP contribution in [0.25, 0.3) is 0 Å². The van der Waals surface area contributed by atoms with Crippen molar-refractivity contribution >= 4 is 5.97 Å². The van der Waals surface area contributed by atoms with Gasteiger partial charge in [-0.1, -0.05) is 12.1 Å². The summed E-state index contributed by atoms with van der Waals surface area (Å²) in [7, 11) is 0. The largest absolute Gasteiger partial charge is 0.491 e. The van der Waals surface area contributed by atoms with E-state index in [2.05, 4.69) is 5.29 Å². The van der Waals surface area contributed by atoms with Gasteiger partial charge in [0.15, 0.2) is 0 Å². The van der Waals surface area contributed by atoms with E-state index in [1.807, 2.05) is 13.8 Å². The molecule has 1 aromatic rings. The molecule has 0 bridgehead atoms. The Hall–Kier alpha value is -2.15. The molecule has 0 radical (unpaired) electrons. The van der Waals surface area contributed by atoms with Crippen molar-refractivity contribution in [1.82, 2.24) is 5.01 Å². The molecule has 2 N–H and O–H groups in total. The highest BCUT2D eigenvalue weighted by atomic mass is 16.5. The molecular weight excluding hydrogens is 288 g/mol. The van der Waals surface area contributed by atoms with Gasteiger partial charge < -0.3 is 14.9 Å². The van der Waals surface area contributed by atoms with Crippen LogP contribution < -0.4 is 4.74 Å². The number of nitroso groups, excluding NO2 is 1. The molecule has 7 heteroatoms. The van der Waals surface area contributed by atoms with Gasteiger partial charge in [0.2, 0.25) is 0 Å². The molecular formula is C15H22N2O5. The van der Waals surface area contributed by atoms with Gasteiger partial charge in [-0.25, -0.2) is 0 Å². The van der Waals surface area contributed by atoms with Gasteiger partial charge in [0, 0.05) is 12.5 Å². The highest BCUT2D eigenvalue weighted by Gasteiger charge is 2.14. The number of benzene rings is 1. The van der Waals surface area contributed by atoms with Gasteiger partial charge in [0.25, 0.3) is 0 Å². The Kier molecular flexibility index (Phi) is 7.31. The molecule has 1 unspecified atom stereocenters. The van der Waals surface area contributed by atoms with E-state index >= 15 is 0 Å². The van der Waals surface area contributed by atoms with Crippen LogP contribution in [0.2, 0.25) is 0 Å². The molecule has 22 heavy (non-hydrogen) atoms. The number of aryl methyl sites for hydroxylation is 1. The molecule has 0 fully saturated rings. The fourth-order valence-corrected chi connectivity index (χ4v) is 1.80. The third-order valence-electron chi connectivity index (χ3n) is 3.09. The van der Waals surface area contributed by atoms with Crippen LogP contribution in [0, 0.1) is 4.91 Å². The van der Waals surface area contributed by atoms with E-state index in [4.69, 9.17) is 9.84 Å². The van der Waals surface area contributed by atoms with Crippen molar-refractivity contribution in [2.45, 2.75) is 38.8 Å². The van der Waals surface area contributed by atoms with Gasteiger partial charge >= 0.3 is 5.97 Å². The van der Waals surface area contributed by atoms with Crippen LogP contribution in [0.3, 0.4) is 0 Å². The lowest BCUT2D eigenvalue weighted by Crippen LogP contribution is -2.36. The molecule has 0 saturated carbocycles. The van der Waals surface area contributed by atoms with Gasteiger partial charge in [0.05, 0.1) is 11.8 Å². The fourth-order valence-electron chi connectivity index (χ4n) is 1.80. The topological polar surface area (TPSA) is 99.4 Å². The molecule has 0 aliphatic carbocycles. The number of carbonyl (C=O) groups is 1. The number of hydrogen-bond acceptors (Lipinski definition) is 5. The van der Waals surface area contributed by atoms with Crippen LogP contribution in [0.4, 0.5) is 0 Å². The predicted octanol–water partition coefficient (Wildman–Crippen LogP) is 1.84. The van der Waals surface area contributed by atoms with E-state index in [0.29, 0.717) is 12.2 Å². The number of carboxylic acid groups (broad SMARTS) is 1. The van der Waals surface area contributed by atoms with Gasteiger partial charge in [-0.2, -0.15) is 0 Å². The highest BCUT2D eigenvalue weighted by molar-refractivity contribution is 5.67. The molecule has 0 aliphatic rings. The van der Waals surface area contributed by atoms with E-state index in [-0.39, 0.29) is 25.6 Å². The minimum atomic E-state index is -0.832. The summed E-state index contributed by atoms with van der Waals surface area (Å²) < 4.78 is 5.44. The van der Waals surface area contributed by atoms with Gasteiger partial charge in [0.1, 0.15) is 18.5 Å². The summed E-state index contributed by atoms with van der Waals surface area (Å²) in [5, 5.41) is 22.6. The van der Waals surface area contributed by atoms with E-state index in [1.165, 1.54) is 5.01 Å². The first-order valence-corrected chi connectivity index (χ1v) is 7.14. The van der Waals surface area contributed by atoms with Gasteiger partial charge in [-0.05, 0) is 38.0 Å². The van der Waals surface area contributed by atoms with Crippen molar-refractivity contribution in [3.05, 3.63) is 34.7 Å². The summed E-state index contributed by atoms with van der Waals surface area (Å²) in [4.78, 5) is 21.1. The molecule has 0 saturated heterocycles. The quantitative estimate of drug-likeness (QED) is 0.505. The lowest BCUT2D eigenvalue weighted by molar-refractivity contribution is -0.136. The van der Waals surface area contributed by atoms with E-state index < -0.39 is 12.1 Å². The number of aliphatic carboxylic acids is 1. The average Bonchev–Trinajstić information content (AvgIpc) is 2.49. The first kappa shape index (κ1) is 17.9. The van der Waals surface area contributed by atoms with Crippen LogP contribution in [-0.4, -0.2) is 46.5 Å². The third kappa shape index (κ3) is 6.53. The van der Waals surface area contributed by atoms with Gasteiger partial charge in [-0.15, -0.1) is 4.91 Å². The second-order valence-electron chi connectivity index (χ2n) is 5.30. The minimum Gasteiger partial charge on any atom is -0.491 e. The second kappa shape index (κ2) is 8.99. The SMILES string of the molecule is CC(C)N(CC(O)COc1ccc(CCC(=O)O)cc1)N=O. The molecule has 1 rings (SSSR count). The summed E-state index contributed by atoms with van der Waals surface area (Å²) in [5.74, 6) is -0.254. The van der Waals surface area contributed by atoms with Crippen molar-refractivity contribution in [2.75, 3.05) is 13.2 Å². The Morgan fingerprint density at radius 2 is 1.95 bits per heavy atom. The van der Waals surface area contributed by atoms with E-state index in [1.54, 1.807) is 24.3 Å². The van der Waals surface area contributed by atoms with Crippen LogP contribution in [0.1, 0.15) is 25.8 Å². The van der Waals surface area contributed by atoms with E-state index in [0.717, 1.165) is 5.56 Å². The lowest BCUT2D eigenvalue weighted by atomic mass is 10.1. The Morgan fingerprint density at radius 3 is 2.45 bits per heavy atom. The zero-order chi connectivity index (χ0) is 16.5. The predicted molar refractivity (Wildman–Crippen MR) is 81.5 cm³/mol. The van der Waals surface area contributed by atoms with Crippen molar-refractivity contribution in [1.29, 1.82) is 0 Å². The number of aliphatic hydroxyl groups excluding tert-OH is 1. The van der Waals surface area contributed by atoms with Crippen molar-refractivity contribution in [3.8, 4) is 5.75 Å². The molecule has 1 aromatic carbocycles. The molecule has 7 nitrogen and oxygen atoms in total. The first-order valence-electron chi connectivity index (χ1n) is 7.14. The first-order chi connectivity index (χ1) is 10.4. The van der Waals surface area contributed by atoms with E-state index in [9.17, 15) is 14.8 Å². The Bertz CT molecular complexity index is 475. The normalized spacial score (nSPS) is 12.0. The van der Waals surface area contributed by atoms with Crippen molar-refractivity contribution in [3.63, 3.8) is 0 Å². The number of rotatable bonds is 10. The maximum absolute atomic E-state index is 10.6. The molecule has 0 aliphatic heterocycles. The summed E-state index contributed by atoms with van der Waals surface area (Å²) in [6.45, 7) is 3.78. The smallest absolute Gasteiger partial charge is 0.303 e. The number of nitrogens with zero attached hydrogens (tertiary/aromatic N) is 2. The molecule has 0 aromatic heterocycles. The maximum atomic E-state index is 10.6. The Balaban J connectivity index is 2.40. The zero-order valence-electron chi connectivity index (χ0n) is 12.8. The van der Waals surface area contributed by atoms with Gasteiger partial charge in [-0.3, -0.25) is 9.80 Å². The number of ether oxygens (including phenoxy) is 1. The molecule has 0 heterocycles. The summed E-state index contributed by atoms with van der Waals surface area (Å²) >= 11 is 0. The van der Waals surface area contributed by atoms with Crippen LogP contribution in [0.5, 0.6) is 5.75 Å². The summed E-state index contributed by atoms with van der Waals surface area (Å²) in [6.07, 6.45) is -0.276.